The number of aryl methyl sites for hydroxylation is 2. The van der Waals surface area contributed by atoms with Crippen LogP contribution in [0, 0.1) is 0 Å². The van der Waals surface area contributed by atoms with Crippen LogP contribution < -0.4 is 5.32 Å². The summed E-state index contributed by atoms with van der Waals surface area (Å²) in [7, 11) is 0. The Morgan fingerprint density at radius 3 is 2.80 bits per heavy atom. The molecule has 2 unspecified atom stereocenters. The third-order valence-corrected chi connectivity index (χ3v) is 3.94. The minimum absolute atomic E-state index is 0.274. The van der Waals surface area contributed by atoms with Gasteiger partial charge in [0.1, 0.15) is 6.04 Å². The van der Waals surface area contributed by atoms with E-state index in [1.165, 1.54) is 17.5 Å². The molecule has 1 aromatic rings. The fraction of sp³-hybridized carbons (Fsp3) is 0.562. The van der Waals surface area contributed by atoms with Crippen LogP contribution in [0.25, 0.3) is 0 Å². The number of aliphatic carboxylic acids is 1. The number of carbonyl (C=O) groups is 1. The summed E-state index contributed by atoms with van der Waals surface area (Å²) < 4.78 is 0. The molecule has 0 fully saturated rings. The summed E-state index contributed by atoms with van der Waals surface area (Å²) in [6, 6.07) is 5.52. The summed E-state index contributed by atoms with van der Waals surface area (Å²) >= 11 is 0. The van der Waals surface area contributed by atoms with Crippen molar-refractivity contribution in [1.82, 2.24) is 5.32 Å². The molecule has 0 radical (unpaired) electrons. The monoisotopic (exact) mass is 277 g/mol. The predicted octanol–water partition coefficient (Wildman–Crippen LogP) is 2.05. The molecule has 1 aliphatic carbocycles. The van der Waals surface area contributed by atoms with Crippen molar-refractivity contribution in [2.75, 3.05) is 6.54 Å². The summed E-state index contributed by atoms with van der Waals surface area (Å²) in [6.45, 7) is 2.23. The number of carboxylic acids is 1. The second-order valence-electron chi connectivity index (χ2n) is 5.49. The third kappa shape index (κ3) is 3.58. The highest BCUT2D eigenvalue weighted by Crippen LogP contribution is 2.25. The average Bonchev–Trinajstić information content (AvgIpc) is 2.89. The molecule has 1 aliphatic rings. The van der Waals surface area contributed by atoms with Gasteiger partial charge >= 0.3 is 5.97 Å². The first-order chi connectivity index (χ1) is 9.61. The molecule has 0 spiro atoms. The number of aliphatic hydroxyl groups excluding tert-OH is 1. The van der Waals surface area contributed by atoms with Crippen molar-refractivity contribution in [3.63, 3.8) is 0 Å². The Balaban J connectivity index is 1.94. The number of carboxylic acid groups (broad SMARTS) is 1. The Morgan fingerprint density at radius 2 is 2.10 bits per heavy atom. The zero-order valence-electron chi connectivity index (χ0n) is 11.9. The van der Waals surface area contributed by atoms with Crippen molar-refractivity contribution >= 4 is 5.97 Å². The molecule has 3 N–H and O–H groups in total. The van der Waals surface area contributed by atoms with E-state index in [0.717, 1.165) is 24.8 Å². The number of rotatable bonds is 7. The fourth-order valence-electron chi connectivity index (χ4n) is 2.77. The Labute approximate surface area is 119 Å². The maximum absolute atomic E-state index is 11.0. The third-order valence-electron chi connectivity index (χ3n) is 3.94. The van der Waals surface area contributed by atoms with Gasteiger partial charge in [-0.3, -0.25) is 4.79 Å². The van der Waals surface area contributed by atoms with E-state index in [1.807, 2.05) is 13.0 Å². The van der Waals surface area contributed by atoms with Crippen molar-refractivity contribution in [3.05, 3.63) is 34.9 Å². The van der Waals surface area contributed by atoms with Crippen LogP contribution in [0.5, 0.6) is 0 Å². The molecule has 4 nitrogen and oxygen atoms in total. The first-order valence-corrected chi connectivity index (χ1v) is 7.37. The van der Waals surface area contributed by atoms with Crippen LogP contribution in [-0.4, -0.2) is 28.8 Å². The van der Waals surface area contributed by atoms with E-state index >= 15 is 0 Å². The van der Waals surface area contributed by atoms with Gasteiger partial charge in [0, 0.05) is 6.54 Å². The van der Waals surface area contributed by atoms with E-state index < -0.39 is 18.1 Å². The smallest absolute Gasteiger partial charge is 0.320 e. The van der Waals surface area contributed by atoms with Crippen molar-refractivity contribution in [3.8, 4) is 0 Å². The molecule has 0 bridgehead atoms. The normalized spacial score (nSPS) is 16.7. The Kier molecular flexibility index (Phi) is 5.15. The van der Waals surface area contributed by atoms with Crippen molar-refractivity contribution in [1.29, 1.82) is 0 Å². The standard InChI is InChI=1S/C16H23NO3/c1-2-4-14(16(19)20)17-10-15(18)13-8-7-11-5-3-6-12(11)9-13/h7-9,14-15,17-18H,2-6,10H2,1H3,(H,19,20). The van der Waals surface area contributed by atoms with Crippen LogP contribution in [0.2, 0.25) is 0 Å². The van der Waals surface area contributed by atoms with E-state index in [9.17, 15) is 9.90 Å². The molecule has 0 saturated carbocycles. The lowest BCUT2D eigenvalue weighted by atomic mass is 10.0. The molecule has 0 aromatic heterocycles. The van der Waals surface area contributed by atoms with Crippen molar-refractivity contribution in [2.24, 2.45) is 0 Å². The van der Waals surface area contributed by atoms with Gasteiger partial charge in [-0.2, -0.15) is 0 Å². The van der Waals surface area contributed by atoms with E-state index in [4.69, 9.17) is 5.11 Å². The Hall–Kier alpha value is -1.39. The lowest BCUT2D eigenvalue weighted by molar-refractivity contribution is -0.139. The predicted molar refractivity (Wildman–Crippen MR) is 77.8 cm³/mol. The maximum Gasteiger partial charge on any atom is 0.320 e. The molecule has 0 saturated heterocycles. The molecule has 20 heavy (non-hydrogen) atoms. The zero-order chi connectivity index (χ0) is 14.5. The van der Waals surface area contributed by atoms with Gasteiger partial charge in [-0.1, -0.05) is 31.5 Å². The lowest BCUT2D eigenvalue weighted by Crippen LogP contribution is -2.38. The molecule has 2 rings (SSSR count). The Morgan fingerprint density at radius 1 is 1.35 bits per heavy atom. The van der Waals surface area contributed by atoms with Crippen molar-refractivity contribution in [2.45, 2.75) is 51.2 Å². The molecule has 4 heteroatoms. The SMILES string of the molecule is CCCC(NCC(O)c1ccc2c(c1)CCC2)C(=O)O. The summed E-state index contributed by atoms with van der Waals surface area (Å²) in [5.74, 6) is -0.854. The van der Waals surface area contributed by atoms with E-state index in [2.05, 4.69) is 17.4 Å². The first kappa shape index (κ1) is 15.0. The van der Waals surface area contributed by atoms with Crippen LogP contribution in [0.15, 0.2) is 18.2 Å². The molecule has 0 heterocycles. The van der Waals surface area contributed by atoms with Gasteiger partial charge in [-0.15, -0.1) is 0 Å². The van der Waals surface area contributed by atoms with Gasteiger partial charge in [0.15, 0.2) is 0 Å². The van der Waals surface area contributed by atoms with E-state index in [-0.39, 0.29) is 6.54 Å². The summed E-state index contributed by atoms with van der Waals surface area (Å²) in [6.07, 6.45) is 4.12. The van der Waals surface area contributed by atoms with Crippen LogP contribution in [0.4, 0.5) is 0 Å². The fourth-order valence-corrected chi connectivity index (χ4v) is 2.77. The quantitative estimate of drug-likeness (QED) is 0.713. The van der Waals surface area contributed by atoms with Gasteiger partial charge in [0.05, 0.1) is 6.10 Å². The van der Waals surface area contributed by atoms with Crippen LogP contribution in [0.3, 0.4) is 0 Å². The minimum atomic E-state index is -0.854. The molecule has 110 valence electrons. The molecular formula is C16H23NO3. The van der Waals surface area contributed by atoms with Crippen LogP contribution >= 0.6 is 0 Å². The van der Waals surface area contributed by atoms with Gasteiger partial charge in [0.2, 0.25) is 0 Å². The molecule has 1 aromatic carbocycles. The van der Waals surface area contributed by atoms with Gasteiger partial charge in [0.25, 0.3) is 0 Å². The van der Waals surface area contributed by atoms with Gasteiger partial charge in [-0.05, 0) is 42.4 Å². The van der Waals surface area contributed by atoms with Gasteiger partial charge < -0.3 is 15.5 Å². The zero-order valence-corrected chi connectivity index (χ0v) is 11.9. The summed E-state index contributed by atoms with van der Waals surface area (Å²) in [5, 5.41) is 22.2. The highest BCUT2D eigenvalue weighted by atomic mass is 16.4. The lowest BCUT2D eigenvalue weighted by Gasteiger charge is -2.17. The minimum Gasteiger partial charge on any atom is -0.480 e. The van der Waals surface area contributed by atoms with Crippen LogP contribution in [0.1, 0.15) is 49.0 Å². The molecule has 2 atom stereocenters. The highest BCUT2D eigenvalue weighted by Gasteiger charge is 2.19. The number of hydrogen-bond acceptors (Lipinski definition) is 3. The summed E-state index contributed by atoms with van der Waals surface area (Å²) in [5.41, 5.74) is 3.58. The van der Waals surface area contributed by atoms with E-state index in [1.54, 1.807) is 0 Å². The number of nitrogens with one attached hydrogen (secondary N) is 1. The number of fused-ring (bicyclic) bond motifs is 1. The molecule has 0 amide bonds. The Bertz CT molecular complexity index is 473. The largest absolute Gasteiger partial charge is 0.480 e. The molecular weight excluding hydrogens is 254 g/mol. The topological polar surface area (TPSA) is 69.6 Å². The summed E-state index contributed by atoms with van der Waals surface area (Å²) in [4.78, 5) is 11.0. The second-order valence-corrected chi connectivity index (χ2v) is 5.49. The maximum atomic E-state index is 11.0. The number of hydrogen-bond donors (Lipinski definition) is 3. The van der Waals surface area contributed by atoms with Gasteiger partial charge in [-0.25, -0.2) is 0 Å². The first-order valence-electron chi connectivity index (χ1n) is 7.37. The number of aliphatic hydroxyl groups is 1. The molecule has 0 aliphatic heterocycles. The average molecular weight is 277 g/mol. The highest BCUT2D eigenvalue weighted by molar-refractivity contribution is 5.73. The van der Waals surface area contributed by atoms with Crippen molar-refractivity contribution < 1.29 is 15.0 Å². The van der Waals surface area contributed by atoms with Crippen LogP contribution in [-0.2, 0) is 17.6 Å². The second kappa shape index (κ2) is 6.86. The van der Waals surface area contributed by atoms with E-state index in [0.29, 0.717) is 6.42 Å². The number of benzene rings is 1.